The van der Waals surface area contributed by atoms with Crippen molar-refractivity contribution in [3.05, 3.63) is 0 Å². The summed E-state index contributed by atoms with van der Waals surface area (Å²) in [6, 6.07) is -0.263. The Morgan fingerprint density at radius 1 is 1.04 bits per heavy atom. The molecule has 300 valence electrons. The Morgan fingerprint density at radius 2 is 1.72 bits per heavy atom. The Hall–Kier alpha value is -1.91. The third-order valence-electron chi connectivity index (χ3n) is 15.8. The highest BCUT2D eigenvalue weighted by atomic mass is 16.7. The fraction of sp³-hybridized carbons (Fsp3) is 0.923. The van der Waals surface area contributed by atoms with E-state index in [4.69, 9.17) is 18.9 Å². The van der Waals surface area contributed by atoms with E-state index in [1.807, 2.05) is 13.8 Å². The second-order valence-corrected chi connectivity index (χ2v) is 18.8. The highest BCUT2D eigenvalue weighted by Crippen LogP contribution is 2.77. The fourth-order valence-electron chi connectivity index (χ4n) is 12.8. The molecule has 0 aromatic heterocycles. The number of aliphatic hydroxyl groups is 6. The van der Waals surface area contributed by atoms with E-state index in [9.17, 15) is 45.0 Å². The average molecular weight is 752 g/mol. The van der Waals surface area contributed by atoms with E-state index in [0.717, 1.165) is 26.3 Å². The maximum Gasteiger partial charge on any atom is 0.341 e. The molecule has 7 fully saturated rings. The van der Waals surface area contributed by atoms with Crippen LogP contribution in [0.1, 0.15) is 100 Å². The molecule has 1 unspecified atom stereocenters. The zero-order valence-electron chi connectivity index (χ0n) is 32.4. The van der Waals surface area contributed by atoms with Crippen LogP contribution in [0, 0.1) is 46.8 Å². The van der Waals surface area contributed by atoms with Gasteiger partial charge in [0.25, 0.3) is 0 Å². The van der Waals surface area contributed by atoms with E-state index in [2.05, 4.69) is 11.8 Å². The molecule has 19 atom stereocenters. The summed E-state index contributed by atoms with van der Waals surface area (Å²) in [6.07, 6.45) is -4.20. The number of carbonyl (C=O) groups is 3. The monoisotopic (exact) mass is 751 g/mol. The SMILES string of the molecule is CC[C@@H](C)C(=O)O[C@H]1[C@H](O)[C@H]2[C@@H](CN3C[C@@H](C)CC[C@H]3C2(C)O)[C@@H]2C[C@]34O[C@]5(O)[C@@H](OC(=O)[C@](C)(O)[C@@H](C)O)CC[C@@]3(C)[C@@H]5C[C@@H](OC(C)=O)[C@H]4[C@@]21O. The third-order valence-corrected chi connectivity index (χ3v) is 15.8. The maximum atomic E-state index is 13.7. The van der Waals surface area contributed by atoms with Crippen LogP contribution in [0.15, 0.2) is 0 Å². The molecular weight excluding hydrogens is 690 g/mol. The number of carbonyl (C=O) groups excluding carboxylic acids is 3. The molecule has 0 aromatic carbocycles. The number of fused-ring (bicyclic) bond motifs is 5. The standard InChI is InChI=1S/C39H61NO13/c1-9-19(3)32(44)52-31-29(43)28-22(17-40-16-18(2)10-11-26(40)36(28,8)47)23-15-37-30(38(23,31)48)24(50-21(5)42)14-25-34(37,6)13-12-27(39(25,49)53-37)51-33(45)35(7,46)20(4)41/h18-20,22-31,41,43,46-49H,9-17H2,1-8H3/t18-,19+,20+,22-,23-,24+,25-,26-,27-,28+,29+,30+,31-,34-,35+,36?,37+,38-,39-/m0/s1. The van der Waals surface area contributed by atoms with Crippen LogP contribution in [0.2, 0.25) is 0 Å². The van der Waals surface area contributed by atoms with Gasteiger partial charge >= 0.3 is 17.9 Å². The van der Waals surface area contributed by atoms with Crippen LogP contribution >= 0.6 is 0 Å². The van der Waals surface area contributed by atoms with Gasteiger partial charge in [-0.25, -0.2) is 4.79 Å². The molecule has 1 spiro atoms. The second-order valence-electron chi connectivity index (χ2n) is 18.8. The largest absolute Gasteiger partial charge is 0.462 e. The van der Waals surface area contributed by atoms with Gasteiger partial charge in [0.1, 0.15) is 11.7 Å². The van der Waals surface area contributed by atoms with Gasteiger partial charge in [0.15, 0.2) is 17.8 Å². The van der Waals surface area contributed by atoms with Crippen molar-refractivity contribution < 1.29 is 64.0 Å². The highest BCUT2D eigenvalue weighted by Gasteiger charge is 2.88. The maximum absolute atomic E-state index is 13.7. The minimum Gasteiger partial charge on any atom is -0.462 e. The number of aliphatic hydroxyl groups excluding tert-OH is 2. The zero-order chi connectivity index (χ0) is 39.0. The topological polar surface area (TPSA) is 213 Å². The molecule has 53 heavy (non-hydrogen) atoms. The first kappa shape index (κ1) is 39.3. The van der Waals surface area contributed by atoms with Crippen molar-refractivity contribution in [2.24, 2.45) is 46.8 Å². The minimum atomic E-state index is -2.27. The Balaban J connectivity index is 1.38. The summed E-state index contributed by atoms with van der Waals surface area (Å²) >= 11 is 0. The molecule has 3 aliphatic heterocycles. The quantitative estimate of drug-likeness (QED) is 0.159. The average Bonchev–Trinajstić information content (AvgIpc) is 3.34. The van der Waals surface area contributed by atoms with E-state index in [1.54, 1.807) is 13.8 Å². The summed E-state index contributed by atoms with van der Waals surface area (Å²) < 4.78 is 25.0. The van der Waals surface area contributed by atoms with Crippen LogP contribution in [0.5, 0.6) is 0 Å². The van der Waals surface area contributed by atoms with Crippen molar-refractivity contribution in [2.75, 3.05) is 13.1 Å². The summed E-state index contributed by atoms with van der Waals surface area (Å²) in [5, 5.41) is 72.3. The molecular formula is C39H61NO13. The Bertz CT molecular complexity index is 1500. The fourth-order valence-corrected chi connectivity index (χ4v) is 12.8. The lowest BCUT2D eigenvalue weighted by atomic mass is 9.49. The molecule has 6 N–H and O–H groups in total. The summed E-state index contributed by atoms with van der Waals surface area (Å²) in [5.41, 5.74) is -8.08. The van der Waals surface area contributed by atoms with Gasteiger partial charge in [-0.2, -0.15) is 0 Å². The van der Waals surface area contributed by atoms with E-state index < -0.39 is 118 Å². The molecule has 3 saturated heterocycles. The van der Waals surface area contributed by atoms with E-state index >= 15 is 0 Å². The summed E-state index contributed by atoms with van der Waals surface area (Å²) in [7, 11) is 0. The van der Waals surface area contributed by atoms with E-state index in [0.29, 0.717) is 25.3 Å². The highest BCUT2D eigenvalue weighted by molar-refractivity contribution is 5.79. The lowest BCUT2D eigenvalue weighted by molar-refractivity contribution is -0.301. The van der Waals surface area contributed by atoms with Crippen molar-refractivity contribution in [1.82, 2.24) is 4.90 Å². The Labute approximate surface area is 311 Å². The first-order chi connectivity index (χ1) is 24.5. The smallest absolute Gasteiger partial charge is 0.341 e. The van der Waals surface area contributed by atoms with E-state index in [-0.39, 0.29) is 25.3 Å². The molecule has 4 aliphatic carbocycles. The lowest BCUT2D eigenvalue weighted by Gasteiger charge is -2.64. The van der Waals surface area contributed by atoms with Crippen LogP contribution in [-0.4, -0.2) is 131 Å². The number of esters is 3. The molecule has 0 radical (unpaired) electrons. The number of rotatable bonds is 7. The van der Waals surface area contributed by atoms with Crippen molar-refractivity contribution in [3.8, 4) is 0 Å². The predicted molar refractivity (Wildman–Crippen MR) is 185 cm³/mol. The van der Waals surface area contributed by atoms with Gasteiger partial charge in [0, 0.05) is 43.3 Å². The second kappa shape index (κ2) is 12.5. The normalized spacial score (nSPS) is 52.1. The molecule has 7 rings (SSSR count). The molecule has 4 saturated carbocycles. The molecule has 3 heterocycles. The number of nitrogens with zero attached hydrogens (tertiary/aromatic N) is 1. The third kappa shape index (κ3) is 5.21. The van der Waals surface area contributed by atoms with Gasteiger partial charge in [-0.1, -0.05) is 27.7 Å². The summed E-state index contributed by atoms with van der Waals surface area (Å²) in [6.45, 7) is 14.2. The lowest BCUT2D eigenvalue weighted by Crippen LogP contribution is -2.77. The van der Waals surface area contributed by atoms with Crippen LogP contribution < -0.4 is 0 Å². The molecule has 14 heteroatoms. The van der Waals surface area contributed by atoms with Crippen LogP contribution in [-0.2, 0) is 33.3 Å². The predicted octanol–water partition coefficient (Wildman–Crippen LogP) is 1.04. The summed E-state index contributed by atoms with van der Waals surface area (Å²) in [4.78, 5) is 42.0. The van der Waals surface area contributed by atoms with Crippen molar-refractivity contribution in [2.45, 2.75) is 165 Å². The first-order valence-electron chi connectivity index (χ1n) is 19.8. The molecule has 0 aromatic rings. The van der Waals surface area contributed by atoms with Crippen molar-refractivity contribution >= 4 is 17.9 Å². The van der Waals surface area contributed by atoms with Gasteiger partial charge < -0.3 is 49.6 Å². The first-order valence-corrected chi connectivity index (χ1v) is 19.8. The summed E-state index contributed by atoms with van der Waals surface area (Å²) in [5.74, 6) is -8.68. The molecule has 14 nitrogen and oxygen atoms in total. The molecule has 0 amide bonds. The van der Waals surface area contributed by atoms with Crippen molar-refractivity contribution in [3.63, 3.8) is 0 Å². The van der Waals surface area contributed by atoms with Crippen LogP contribution in [0.4, 0.5) is 0 Å². The number of hydrogen-bond donors (Lipinski definition) is 6. The Morgan fingerprint density at radius 3 is 2.34 bits per heavy atom. The van der Waals surface area contributed by atoms with Crippen molar-refractivity contribution in [1.29, 1.82) is 0 Å². The molecule has 7 aliphatic rings. The minimum absolute atomic E-state index is 0.00543. The number of piperidine rings is 2. The molecule has 4 bridgehead atoms. The van der Waals surface area contributed by atoms with Gasteiger partial charge in [-0.3, -0.25) is 14.5 Å². The van der Waals surface area contributed by atoms with Gasteiger partial charge in [0.2, 0.25) is 5.79 Å². The van der Waals surface area contributed by atoms with Crippen LogP contribution in [0.25, 0.3) is 0 Å². The van der Waals surface area contributed by atoms with Gasteiger partial charge in [0.05, 0.1) is 35.2 Å². The van der Waals surface area contributed by atoms with Gasteiger partial charge in [-0.15, -0.1) is 0 Å². The Kier molecular flexibility index (Phi) is 9.31. The van der Waals surface area contributed by atoms with Gasteiger partial charge in [-0.05, 0) is 83.5 Å². The van der Waals surface area contributed by atoms with E-state index in [1.165, 1.54) is 13.8 Å². The zero-order valence-corrected chi connectivity index (χ0v) is 32.4. The number of ether oxygens (including phenoxy) is 4. The van der Waals surface area contributed by atoms with Crippen LogP contribution in [0.3, 0.4) is 0 Å². The number of hydrogen-bond acceptors (Lipinski definition) is 14.